The van der Waals surface area contributed by atoms with Crippen molar-refractivity contribution in [2.45, 2.75) is 13.8 Å². The number of aryl methyl sites for hydroxylation is 2. The molecule has 0 radical (unpaired) electrons. The lowest BCUT2D eigenvalue weighted by Gasteiger charge is -2.36. The van der Waals surface area contributed by atoms with Gasteiger partial charge in [-0.05, 0) is 37.6 Å². The summed E-state index contributed by atoms with van der Waals surface area (Å²) in [5, 5.41) is 2.45. The fourth-order valence-electron chi connectivity index (χ4n) is 3.10. The topological polar surface area (TPSA) is 35.6 Å². The quantitative estimate of drug-likeness (QED) is 0.895. The van der Waals surface area contributed by atoms with E-state index in [0.29, 0.717) is 26.2 Å². The van der Waals surface area contributed by atoms with Crippen molar-refractivity contribution in [2.75, 3.05) is 36.4 Å². The number of urea groups is 1. The van der Waals surface area contributed by atoms with Gasteiger partial charge in [0.05, 0.1) is 5.69 Å². The first-order valence-corrected chi connectivity index (χ1v) is 8.27. The van der Waals surface area contributed by atoms with Crippen LogP contribution in [0, 0.1) is 25.5 Å². The van der Waals surface area contributed by atoms with Crippen molar-refractivity contribution in [3.63, 3.8) is 0 Å². The summed E-state index contributed by atoms with van der Waals surface area (Å²) in [6.45, 7) is 6.58. The molecule has 0 bridgehead atoms. The molecule has 25 heavy (non-hydrogen) atoms. The number of rotatable bonds is 2. The maximum Gasteiger partial charge on any atom is 0.322 e. The van der Waals surface area contributed by atoms with E-state index in [9.17, 15) is 13.6 Å². The van der Waals surface area contributed by atoms with Gasteiger partial charge >= 0.3 is 6.03 Å². The van der Waals surface area contributed by atoms with Gasteiger partial charge in [-0.1, -0.05) is 17.7 Å². The largest absolute Gasteiger partial charge is 0.368 e. The van der Waals surface area contributed by atoms with Gasteiger partial charge in [0.1, 0.15) is 11.6 Å². The lowest BCUT2D eigenvalue weighted by Crippen LogP contribution is -2.50. The predicted octanol–water partition coefficient (Wildman–Crippen LogP) is 3.94. The highest BCUT2D eigenvalue weighted by Gasteiger charge is 2.22. The third-order valence-electron chi connectivity index (χ3n) is 4.43. The van der Waals surface area contributed by atoms with Crippen molar-refractivity contribution in [3.05, 3.63) is 59.2 Å². The van der Waals surface area contributed by atoms with E-state index < -0.39 is 17.7 Å². The van der Waals surface area contributed by atoms with Gasteiger partial charge in [0.25, 0.3) is 0 Å². The molecule has 1 fully saturated rings. The number of carbonyl (C=O) groups excluding carboxylic acids is 1. The molecule has 0 aromatic heterocycles. The standard InChI is InChI=1S/C19H21F2N3O/c1-13-3-6-18(14(2)11-13)23-7-9-24(10-8-23)19(25)22-17-12-15(20)4-5-16(17)21/h3-6,11-12H,7-10H2,1-2H3,(H,22,25). The van der Waals surface area contributed by atoms with Crippen LogP contribution in [-0.2, 0) is 0 Å². The van der Waals surface area contributed by atoms with Gasteiger partial charge in [-0.25, -0.2) is 13.6 Å². The van der Waals surface area contributed by atoms with E-state index in [2.05, 4.69) is 42.3 Å². The van der Waals surface area contributed by atoms with Crippen LogP contribution >= 0.6 is 0 Å². The number of nitrogens with zero attached hydrogens (tertiary/aromatic N) is 2. The molecule has 0 spiro atoms. The van der Waals surface area contributed by atoms with Crippen LogP contribution in [0.2, 0.25) is 0 Å². The second kappa shape index (κ2) is 7.09. The summed E-state index contributed by atoms with van der Waals surface area (Å²) in [6, 6.07) is 8.91. The predicted molar refractivity (Wildman–Crippen MR) is 95.1 cm³/mol. The van der Waals surface area contributed by atoms with E-state index in [1.807, 2.05) is 0 Å². The monoisotopic (exact) mass is 345 g/mol. The van der Waals surface area contributed by atoms with Crippen molar-refractivity contribution in [3.8, 4) is 0 Å². The molecule has 1 heterocycles. The lowest BCUT2D eigenvalue weighted by molar-refractivity contribution is 0.208. The van der Waals surface area contributed by atoms with Gasteiger partial charge in [-0.2, -0.15) is 0 Å². The third-order valence-corrected chi connectivity index (χ3v) is 4.43. The smallest absolute Gasteiger partial charge is 0.322 e. The highest BCUT2D eigenvalue weighted by molar-refractivity contribution is 5.89. The van der Waals surface area contributed by atoms with E-state index in [-0.39, 0.29) is 5.69 Å². The Morgan fingerprint density at radius 3 is 2.40 bits per heavy atom. The molecule has 4 nitrogen and oxygen atoms in total. The Labute approximate surface area is 146 Å². The molecule has 0 atom stereocenters. The first kappa shape index (κ1) is 17.2. The van der Waals surface area contributed by atoms with Crippen LogP contribution in [0.25, 0.3) is 0 Å². The zero-order chi connectivity index (χ0) is 18.0. The van der Waals surface area contributed by atoms with Gasteiger partial charge in [0.15, 0.2) is 0 Å². The molecule has 1 N–H and O–H groups in total. The fraction of sp³-hybridized carbons (Fsp3) is 0.316. The summed E-state index contributed by atoms with van der Waals surface area (Å²) >= 11 is 0. The average molecular weight is 345 g/mol. The Morgan fingerprint density at radius 2 is 1.72 bits per heavy atom. The van der Waals surface area contributed by atoms with E-state index in [0.717, 1.165) is 18.2 Å². The number of amides is 2. The SMILES string of the molecule is Cc1ccc(N2CCN(C(=O)Nc3cc(F)ccc3F)CC2)c(C)c1. The van der Waals surface area contributed by atoms with E-state index in [4.69, 9.17) is 0 Å². The molecule has 2 amide bonds. The number of halogens is 2. The molecule has 6 heteroatoms. The number of hydrogen-bond acceptors (Lipinski definition) is 2. The summed E-state index contributed by atoms with van der Waals surface area (Å²) in [5.41, 5.74) is 3.46. The number of piperazine rings is 1. The maximum absolute atomic E-state index is 13.6. The van der Waals surface area contributed by atoms with Crippen molar-refractivity contribution in [1.29, 1.82) is 0 Å². The summed E-state index contributed by atoms with van der Waals surface area (Å²) in [5.74, 6) is -1.24. The van der Waals surface area contributed by atoms with Crippen LogP contribution in [-0.4, -0.2) is 37.1 Å². The lowest BCUT2D eigenvalue weighted by atomic mass is 10.1. The number of hydrogen-bond donors (Lipinski definition) is 1. The van der Waals surface area contributed by atoms with Gasteiger partial charge in [0.2, 0.25) is 0 Å². The van der Waals surface area contributed by atoms with Crippen molar-refractivity contribution < 1.29 is 13.6 Å². The van der Waals surface area contributed by atoms with Crippen LogP contribution in [0.15, 0.2) is 36.4 Å². The van der Waals surface area contributed by atoms with Crippen molar-refractivity contribution in [1.82, 2.24) is 4.90 Å². The molecule has 0 aliphatic carbocycles. The zero-order valence-electron chi connectivity index (χ0n) is 14.4. The highest BCUT2D eigenvalue weighted by Crippen LogP contribution is 2.23. The van der Waals surface area contributed by atoms with Crippen LogP contribution in [0.1, 0.15) is 11.1 Å². The molecular formula is C19H21F2N3O. The van der Waals surface area contributed by atoms with Crippen LogP contribution in [0.5, 0.6) is 0 Å². The second-order valence-electron chi connectivity index (χ2n) is 6.32. The van der Waals surface area contributed by atoms with Crippen molar-refractivity contribution in [2.24, 2.45) is 0 Å². The molecule has 132 valence electrons. The molecule has 0 unspecified atom stereocenters. The molecule has 1 aliphatic rings. The Morgan fingerprint density at radius 1 is 1.00 bits per heavy atom. The van der Waals surface area contributed by atoms with E-state index >= 15 is 0 Å². The summed E-state index contributed by atoms with van der Waals surface area (Å²) in [4.78, 5) is 16.1. The molecule has 2 aromatic carbocycles. The zero-order valence-corrected chi connectivity index (χ0v) is 14.4. The number of nitrogens with one attached hydrogen (secondary N) is 1. The fourth-order valence-corrected chi connectivity index (χ4v) is 3.10. The first-order valence-electron chi connectivity index (χ1n) is 8.27. The summed E-state index contributed by atoms with van der Waals surface area (Å²) in [6.07, 6.45) is 0. The molecule has 1 aliphatic heterocycles. The van der Waals surface area contributed by atoms with E-state index in [1.165, 1.54) is 16.8 Å². The number of benzene rings is 2. The number of carbonyl (C=O) groups is 1. The van der Waals surface area contributed by atoms with E-state index in [1.54, 1.807) is 4.90 Å². The molecule has 1 saturated heterocycles. The normalized spacial score (nSPS) is 14.6. The van der Waals surface area contributed by atoms with Gasteiger partial charge in [-0.15, -0.1) is 0 Å². The Kier molecular flexibility index (Phi) is 4.88. The summed E-state index contributed by atoms with van der Waals surface area (Å²) < 4.78 is 26.9. The summed E-state index contributed by atoms with van der Waals surface area (Å²) in [7, 11) is 0. The molecule has 2 aromatic rings. The van der Waals surface area contributed by atoms with Gasteiger partial charge in [0, 0.05) is 37.9 Å². The van der Waals surface area contributed by atoms with Gasteiger partial charge < -0.3 is 15.1 Å². The minimum atomic E-state index is -0.649. The Hall–Kier alpha value is -2.63. The third kappa shape index (κ3) is 3.90. The minimum absolute atomic E-state index is 0.137. The van der Waals surface area contributed by atoms with Crippen LogP contribution in [0.3, 0.4) is 0 Å². The number of anilines is 2. The first-order chi connectivity index (χ1) is 11.9. The Balaban J connectivity index is 1.62. The second-order valence-corrected chi connectivity index (χ2v) is 6.32. The van der Waals surface area contributed by atoms with Crippen molar-refractivity contribution >= 4 is 17.4 Å². The van der Waals surface area contributed by atoms with Gasteiger partial charge in [-0.3, -0.25) is 0 Å². The molecule has 0 saturated carbocycles. The van der Waals surface area contributed by atoms with Crippen LogP contribution in [0.4, 0.5) is 25.0 Å². The molecular weight excluding hydrogens is 324 g/mol. The minimum Gasteiger partial charge on any atom is -0.368 e. The maximum atomic E-state index is 13.6. The Bertz CT molecular complexity index is 786. The van der Waals surface area contributed by atoms with Crippen LogP contribution < -0.4 is 10.2 Å². The molecule has 3 rings (SSSR count). The average Bonchev–Trinajstić information content (AvgIpc) is 2.58. The highest BCUT2D eigenvalue weighted by atomic mass is 19.1.